The molecule has 0 aliphatic carbocycles. The first kappa shape index (κ1) is 21.6. The number of carbonyl (C=O) groups is 1. The average Bonchev–Trinajstić information content (AvgIpc) is 3.10. The summed E-state index contributed by atoms with van der Waals surface area (Å²) in [5, 5.41) is 4.40. The van der Waals surface area contributed by atoms with E-state index in [1.165, 1.54) is 21.9 Å². The SMILES string of the molecule is CC[C@@H](C)NC(=O)c1cc2cc(N(Cc3ccc(Cl)cc3)S(C)(=O)=O)ccc2s1. The smallest absolute Gasteiger partial charge is 0.261 e. The Morgan fingerprint density at radius 2 is 1.86 bits per heavy atom. The van der Waals surface area contributed by atoms with Gasteiger partial charge in [-0.2, -0.15) is 0 Å². The van der Waals surface area contributed by atoms with E-state index in [9.17, 15) is 13.2 Å². The second-order valence-electron chi connectivity index (χ2n) is 7.01. The average molecular weight is 451 g/mol. The number of sulfonamides is 1. The fourth-order valence-electron chi connectivity index (χ4n) is 2.85. The number of halogens is 1. The van der Waals surface area contributed by atoms with Crippen molar-refractivity contribution in [1.82, 2.24) is 5.32 Å². The maximum atomic E-state index is 12.4. The highest BCUT2D eigenvalue weighted by atomic mass is 35.5. The third kappa shape index (κ3) is 5.29. The van der Waals surface area contributed by atoms with Crippen LogP contribution in [0.15, 0.2) is 48.5 Å². The van der Waals surface area contributed by atoms with Crippen LogP contribution in [0.3, 0.4) is 0 Å². The third-order valence-electron chi connectivity index (χ3n) is 4.64. The Morgan fingerprint density at radius 3 is 2.48 bits per heavy atom. The molecule has 0 saturated heterocycles. The predicted octanol–water partition coefficient (Wildman–Crippen LogP) is 5.05. The molecule has 0 aliphatic rings. The van der Waals surface area contributed by atoms with Gasteiger partial charge in [0, 0.05) is 15.8 Å². The molecule has 29 heavy (non-hydrogen) atoms. The van der Waals surface area contributed by atoms with E-state index in [4.69, 9.17) is 11.6 Å². The third-order valence-corrected chi connectivity index (χ3v) is 7.15. The zero-order valence-electron chi connectivity index (χ0n) is 16.5. The lowest BCUT2D eigenvalue weighted by Gasteiger charge is -2.22. The summed E-state index contributed by atoms with van der Waals surface area (Å²) in [6.45, 7) is 4.18. The van der Waals surface area contributed by atoms with Crippen LogP contribution >= 0.6 is 22.9 Å². The van der Waals surface area contributed by atoms with Gasteiger partial charge in [0.15, 0.2) is 0 Å². The van der Waals surface area contributed by atoms with Gasteiger partial charge in [0.05, 0.1) is 23.4 Å². The zero-order valence-corrected chi connectivity index (χ0v) is 18.9. The Balaban J connectivity index is 1.93. The highest BCUT2D eigenvalue weighted by molar-refractivity contribution is 7.92. The second-order valence-corrected chi connectivity index (χ2v) is 10.4. The fraction of sp³-hybridized carbons (Fsp3) is 0.286. The largest absolute Gasteiger partial charge is 0.349 e. The van der Waals surface area contributed by atoms with Crippen molar-refractivity contribution in [2.45, 2.75) is 32.9 Å². The van der Waals surface area contributed by atoms with Crippen molar-refractivity contribution in [3.05, 3.63) is 64.0 Å². The van der Waals surface area contributed by atoms with Crippen LogP contribution in [0.1, 0.15) is 35.5 Å². The van der Waals surface area contributed by atoms with Crippen LogP contribution in [-0.2, 0) is 16.6 Å². The first-order chi connectivity index (χ1) is 13.7. The van der Waals surface area contributed by atoms with E-state index in [-0.39, 0.29) is 18.5 Å². The van der Waals surface area contributed by atoms with Gasteiger partial charge in [0.2, 0.25) is 10.0 Å². The number of nitrogens with one attached hydrogen (secondary N) is 1. The van der Waals surface area contributed by atoms with E-state index in [0.29, 0.717) is 15.6 Å². The highest BCUT2D eigenvalue weighted by Gasteiger charge is 2.19. The molecule has 0 saturated carbocycles. The summed E-state index contributed by atoms with van der Waals surface area (Å²) in [6.07, 6.45) is 2.04. The van der Waals surface area contributed by atoms with Crippen LogP contribution in [0, 0.1) is 0 Å². The summed E-state index contributed by atoms with van der Waals surface area (Å²) in [5.74, 6) is -0.108. The molecule has 0 aliphatic heterocycles. The van der Waals surface area contributed by atoms with E-state index < -0.39 is 10.0 Å². The molecule has 5 nitrogen and oxygen atoms in total. The minimum absolute atomic E-state index is 0.100. The maximum absolute atomic E-state index is 12.4. The molecule has 0 bridgehead atoms. The lowest BCUT2D eigenvalue weighted by atomic mass is 10.2. The number of carbonyl (C=O) groups excluding carboxylic acids is 1. The van der Waals surface area contributed by atoms with Gasteiger partial charge in [-0.1, -0.05) is 30.7 Å². The van der Waals surface area contributed by atoms with Crippen LogP contribution in [0.5, 0.6) is 0 Å². The second kappa shape index (κ2) is 8.73. The Kier molecular flexibility index (Phi) is 6.51. The van der Waals surface area contributed by atoms with Crippen LogP contribution in [0.25, 0.3) is 10.1 Å². The summed E-state index contributed by atoms with van der Waals surface area (Å²) in [7, 11) is -3.50. The number of fused-ring (bicyclic) bond motifs is 1. The number of hydrogen-bond acceptors (Lipinski definition) is 4. The number of anilines is 1. The summed E-state index contributed by atoms with van der Waals surface area (Å²) in [5.41, 5.74) is 1.39. The minimum Gasteiger partial charge on any atom is -0.349 e. The van der Waals surface area contributed by atoms with Crippen LogP contribution in [0.4, 0.5) is 5.69 Å². The van der Waals surface area contributed by atoms with Gasteiger partial charge in [-0.3, -0.25) is 9.10 Å². The van der Waals surface area contributed by atoms with Crippen LogP contribution < -0.4 is 9.62 Å². The quantitative estimate of drug-likeness (QED) is 0.547. The van der Waals surface area contributed by atoms with Crippen LogP contribution in [-0.4, -0.2) is 26.6 Å². The molecule has 0 unspecified atom stereocenters. The number of amides is 1. The summed E-state index contributed by atoms with van der Waals surface area (Å²) in [6, 6.07) is 14.4. The molecule has 1 aromatic heterocycles. The lowest BCUT2D eigenvalue weighted by Crippen LogP contribution is -2.31. The molecule has 1 atom stereocenters. The molecule has 2 aromatic carbocycles. The Hall–Kier alpha value is -2.09. The van der Waals surface area contributed by atoms with Gasteiger partial charge in [-0.25, -0.2) is 8.42 Å². The first-order valence-corrected chi connectivity index (χ1v) is 12.3. The Bertz CT molecular complexity index is 1120. The van der Waals surface area contributed by atoms with Crippen molar-refractivity contribution in [2.24, 2.45) is 0 Å². The predicted molar refractivity (Wildman–Crippen MR) is 122 cm³/mol. The molecule has 1 amide bonds. The number of rotatable bonds is 7. The van der Waals surface area contributed by atoms with E-state index in [1.807, 2.05) is 32.0 Å². The molecular weight excluding hydrogens is 428 g/mol. The lowest BCUT2D eigenvalue weighted by molar-refractivity contribution is 0.0943. The minimum atomic E-state index is -3.50. The monoisotopic (exact) mass is 450 g/mol. The van der Waals surface area contributed by atoms with Crippen molar-refractivity contribution in [3.63, 3.8) is 0 Å². The normalized spacial score (nSPS) is 12.7. The van der Waals surface area contributed by atoms with Crippen molar-refractivity contribution in [3.8, 4) is 0 Å². The fourth-order valence-corrected chi connectivity index (χ4v) is 4.80. The first-order valence-electron chi connectivity index (χ1n) is 9.24. The van der Waals surface area contributed by atoms with Gasteiger partial charge in [-0.05, 0) is 60.7 Å². The van der Waals surface area contributed by atoms with E-state index in [2.05, 4.69) is 5.32 Å². The molecule has 8 heteroatoms. The number of benzene rings is 2. The van der Waals surface area contributed by atoms with Crippen molar-refractivity contribution in [2.75, 3.05) is 10.6 Å². The molecule has 0 fully saturated rings. The van der Waals surface area contributed by atoms with Gasteiger partial charge >= 0.3 is 0 Å². The topological polar surface area (TPSA) is 66.5 Å². The van der Waals surface area contributed by atoms with E-state index >= 15 is 0 Å². The molecule has 154 valence electrons. The number of nitrogens with zero attached hydrogens (tertiary/aromatic N) is 1. The van der Waals surface area contributed by atoms with Gasteiger partial charge in [0.25, 0.3) is 5.91 Å². The zero-order chi connectivity index (χ0) is 21.2. The summed E-state index contributed by atoms with van der Waals surface area (Å²) < 4.78 is 27.2. The summed E-state index contributed by atoms with van der Waals surface area (Å²) in [4.78, 5) is 13.0. The van der Waals surface area contributed by atoms with Crippen molar-refractivity contribution < 1.29 is 13.2 Å². The standard InChI is InChI=1S/C21H23ClN2O3S2/c1-4-14(2)23-21(25)20-12-16-11-18(9-10-19(16)28-20)24(29(3,26)27)13-15-5-7-17(22)8-6-15/h5-12,14H,4,13H2,1-3H3,(H,23,25)/t14-/m1/s1. The molecule has 0 spiro atoms. The number of thiophene rings is 1. The molecule has 3 aromatic rings. The van der Waals surface area contributed by atoms with Crippen molar-refractivity contribution in [1.29, 1.82) is 0 Å². The molecule has 1 N–H and O–H groups in total. The molecular formula is C21H23ClN2O3S2. The van der Waals surface area contributed by atoms with Crippen molar-refractivity contribution >= 4 is 54.6 Å². The highest BCUT2D eigenvalue weighted by Crippen LogP contribution is 2.31. The van der Waals surface area contributed by atoms with Gasteiger partial charge in [-0.15, -0.1) is 11.3 Å². The van der Waals surface area contributed by atoms with Gasteiger partial charge < -0.3 is 5.32 Å². The molecule has 3 rings (SSSR count). The Morgan fingerprint density at radius 1 is 1.17 bits per heavy atom. The van der Waals surface area contributed by atoms with Gasteiger partial charge in [0.1, 0.15) is 0 Å². The van der Waals surface area contributed by atoms with E-state index in [0.717, 1.165) is 22.1 Å². The maximum Gasteiger partial charge on any atom is 0.261 e. The summed E-state index contributed by atoms with van der Waals surface area (Å²) >= 11 is 7.32. The molecule has 0 radical (unpaired) electrons. The number of hydrogen-bond donors (Lipinski definition) is 1. The van der Waals surface area contributed by atoms with E-state index in [1.54, 1.807) is 30.3 Å². The Labute approximate surface area is 180 Å². The molecule has 1 heterocycles. The van der Waals surface area contributed by atoms with Crippen LogP contribution in [0.2, 0.25) is 5.02 Å².